The number of nitrogens with one attached hydrogen (secondary N) is 3. The van der Waals surface area contributed by atoms with Gasteiger partial charge < -0.3 is 15.0 Å². The number of pyridine rings is 1. The van der Waals surface area contributed by atoms with E-state index < -0.39 is 0 Å². The summed E-state index contributed by atoms with van der Waals surface area (Å²) in [6, 6.07) is 20.6. The van der Waals surface area contributed by atoms with Crippen LogP contribution in [0.25, 0.3) is 11.1 Å². The number of rotatable bonds is 2. The van der Waals surface area contributed by atoms with Gasteiger partial charge in [0.15, 0.2) is 5.84 Å². The van der Waals surface area contributed by atoms with Gasteiger partial charge in [0.25, 0.3) is 5.91 Å². The topological polar surface area (TPSA) is 102 Å². The predicted octanol–water partition coefficient (Wildman–Crippen LogP) is 4.41. The zero-order valence-corrected chi connectivity index (χ0v) is 17.0. The minimum atomic E-state index is -0.329. The molecule has 31 heavy (non-hydrogen) atoms. The Labute approximate surface area is 180 Å². The van der Waals surface area contributed by atoms with Crippen LogP contribution >= 0.6 is 0 Å². The molecule has 1 amide bonds. The lowest BCUT2D eigenvalue weighted by Gasteiger charge is -2.20. The molecule has 3 aromatic rings. The van der Waals surface area contributed by atoms with E-state index in [1.807, 2.05) is 48.5 Å². The molecule has 0 atom stereocenters. The zero-order valence-electron chi connectivity index (χ0n) is 17.0. The van der Waals surface area contributed by atoms with Crippen LogP contribution in [0.5, 0.6) is 5.75 Å². The molecule has 0 aliphatic carbocycles. The number of carbonyl (C=O) groups is 1. The van der Waals surface area contributed by atoms with Crippen LogP contribution in [-0.4, -0.2) is 41.1 Å². The Kier molecular flexibility index (Phi) is 6.03. The molecule has 0 radical (unpaired) electrons. The summed E-state index contributed by atoms with van der Waals surface area (Å²) < 4.78 is 5.93. The fourth-order valence-electron chi connectivity index (χ4n) is 3.42. The quantitative estimate of drug-likeness (QED) is 0.428. The maximum Gasteiger partial charge on any atom is 0.260 e. The van der Waals surface area contributed by atoms with Crippen molar-refractivity contribution in [1.82, 2.24) is 9.88 Å². The maximum atomic E-state index is 13.1. The van der Waals surface area contributed by atoms with Crippen molar-refractivity contribution in [3.8, 4) is 16.9 Å². The SMILES string of the molecule is N=CN1CCCCOc2ccc(-c3ccccc3)cc2C(=O)Nc2cccc(n2)C1=N. The summed E-state index contributed by atoms with van der Waals surface area (Å²) in [6.07, 6.45) is 2.59. The molecule has 0 unspecified atom stereocenters. The number of amides is 1. The Morgan fingerprint density at radius 1 is 1.00 bits per heavy atom. The van der Waals surface area contributed by atoms with Crippen LogP contribution in [0.3, 0.4) is 0 Å². The van der Waals surface area contributed by atoms with Crippen molar-refractivity contribution in [2.75, 3.05) is 18.5 Å². The first-order valence-electron chi connectivity index (χ1n) is 10.1. The van der Waals surface area contributed by atoms with Gasteiger partial charge in [0.05, 0.1) is 18.5 Å². The molecule has 0 saturated carbocycles. The summed E-state index contributed by atoms with van der Waals surface area (Å²) >= 11 is 0. The highest BCUT2D eigenvalue weighted by atomic mass is 16.5. The molecule has 1 aromatic heterocycles. The van der Waals surface area contributed by atoms with Gasteiger partial charge in [-0.2, -0.15) is 0 Å². The summed E-state index contributed by atoms with van der Waals surface area (Å²) in [5.41, 5.74) is 2.76. The second kappa shape index (κ2) is 9.21. The zero-order chi connectivity index (χ0) is 21.6. The minimum absolute atomic E-state index is 0.121. The number of hydrogen-bond acceptors (Lipinski definition) is 5. The van der Waals surface area contributed by atoms with Gasteiger partial charge in [-0.25, -0.2) is 4.98 Å². The second-order valence-electron chi connectivity index (χ2n) is 7.17. The molecule has 1 aliphatic heterocycles. The minimum Gasteiger partial charge on any atom is -0.493 e. The van der Waals surface area contributed by atoms with E-state index in [2.05, 4.69) is 10.3 Å². The van der Waals surface area contributed by atoms with E-state index >= 15 is 0 Å². The fourth-order valence-corrected chi connectivity index (χ4v) is 3.42. The number of fused-ring (bicyclic) bond motifs is 3. The predicted molar refractivity (Wildman–Crippen MR) is 121 cm³/mol. The van der Waals surface area contributed by atoms with E-state index in [4.69, 9.17) is 15.6 Å². The van der Waals surface area contributed by atoms with Gasteiger partial charge in [-0.15, -0.1) is 0 Å². The van der Waals surface area contributed by atoms with E-state index in [1.165, 1.54) is 4.90 Å². The Bertz CT molecular complexity index is 1110. The van der Waals surface area contributed by atoms with Gasteiger partial charge >= 0.3 is 0 Å². The van der Waals surface area contributed by atoms with Crippen molar-refractivity contribution >= 4 is 23.9 Å². The molecule has 0 spiro atoms. The third-order valence-corrected chi connectivity index (χ3v) is 5.06. The molecule has 2 aromatic carbocycles. The Morgan fingerprint density at radius 2 is 1.84 bits per heavy atom. The fraction of sp³-hybridized carbons (Fsp3) is 0.167. The Hall–Kier alpha value is -4.00. The number of ether oxygens (including phenoxy) is 1. The van der Waals surface area contributed by atoms with E-state index in [9.17, 15) is 4.79 Å². The van der Waals surface area contributed by atoms with E-state index in [0.29, 0.717) is 36.0 Å². The van der Waals surface area contributed by atoms with Gasteiger partial charge in [-0.3, -0.25) is 15.6 Å². The van der Waals surface area contributed by atoms with Crippen molar-refractivity contribution in [3.05, 3.63) is 78.0 Å². The number of aromatic nitrogens is 1. The molecule has 7 nitrogen and oxygen atoms in total. The van der Waals surface area contributed by atoms with Gasteiger partial charge in [0, 0.05) is 6.54 Å². The highest BCUT2D eigenvalue weighted by molar-refractivity contribution is 6.07. The lowest BCUT2D eigenvalue weighted by atomic mass is 10.0. The van der Waals surface area contributed by atoms with Crippen molar-refractivity contribution in [3.63, 3.8) is 0 Å². The van der Waals surface area contributed by atoms with Crippen LogP contribution < -0.4 is 10.1 Å². The molecular formula is C24H23N5O2. The summed E-state index contributed by atoms with van der Waals surface area (Å²) in [5.74, 6) is 0.646. The third-order valence-electron chi connectivity index (χ3n) is 5.06. The average Bonchev–Trinajstić information content (AvgIpc) is 2.81. The van der Waals surface area contributed by atoms with Crippen LogP contribution in [0.1, 0.15) is 28.9 Å². The number of amidine groups is 1. The van der Waals surface area contributed by atoms with Crippen LogP contribution in [-0.2, 0) is 0 Å². The number of hydrogen-bond donors (Lipinski definition) is 3. The van der Waals surface area contributed by atoms with Crippen molar-refractivity contribution in [2.45, 2.75) is 12.8 Å². The van der Waals surface area contributed by atoms with Crippen LogP contribution in [0.2, 0.25) is 0 Å². The summed E-state index contributed by atoms with van der Waals surface area (Å²) in [4.78, 5) is 19.1. The Balaban J connectivity index is 1.72. The molecule has 156 valence electrons. The first kappa shape index (κ1) is 20.3. The molecule has 0 fully saturated rings. The number of benzene rings is 2. The number of nitrogens with zero attached hydrogens (tertiary/aromatic N) is 2. The number of carbonyl (C=O) groups excluding carboxylic acids is 1. The van der Waals surface area contributed by atoms with E-state index in [1.54, 1.807) is 18.2 Å². The Morgan fingerprint density at radius 3 is 2.65 bits per heavy atom. The molecule has 2 heterocycles. The molecule has 3 N–H and O–H groups in total. The van der Waals surface area contributed by atoms with Crippen LogP contribution in [0, 0.1) is 10.8 Å². The molecular weight excluding hydrogens is 390 g/mol. The van der Waals surface area contributed by atoms with Crippen LogP contribution in [0.4, 0.5) is 5.82 Å². The normalized spacial score (nSPS) is 14.6. The molecule has 1 aliphatic rings. The van der Waals surface area contributed by atoms with Gasteiger partial charge in [0.2, 0.25) is 0 Å². The van der Waals surface area contributed by atoms with Gasteiger partial charge in [-0.05, 0) is 48.2 Å². The average molecular weight is 413 g/mol. The highest BCUT2D eigenvalue weighted by Crippen LogP contribution is 2.28. The maximum absolute atomic E-state index is 13.1. The standard InChI is InChI=1S/C24H23N5O2/c25-16-29-13-4-5-14-31-21-12-11-18(17-7-2-1-3-8-17)15-19(21)24(30)28-22-10-6-9-20(27-22)23(29)26/h1-3,6-12,15-16,25-26H,4-5,13-14H2,(H,27,28,30). The molecule has 4 rings (SSSR count). The van der Waals surface area contributed by atoms with E-state index in [-0.39, 0.29) is 11.7 Å². The van der Waals surface area contributed by atoms with Gasteiger partial charge in [0.1, 0.15) is 17.3 Å². The highest BCUT2D eigenvalue weighted by Gasteiger charge is 2.18. The smallest absolute Gasteiger partial charge is 0.260 e. The molecule has 0 saturated heterocycles. The molecule has 7 heteroatoms. The third kappa shape index (κ3) is 4.61. The van der Waals surface area contributed by atoms with Crippen molar-refractivity contribution in [1.29, 1.82) is 10.8 Å². The molecule has 2 bridgehead atoms. The number of anilines is 1. The summed E-state index contributed by atoms with van der Waals surface area (Å²) in [6.45, 7) is 0.956. The summed E-state index contributed by atoms with van der Waals surface area (Å²) in [7, 11) is 0. The first-order valence-corrected chi connectivity index (χ1v) is 10.1. The van der Waals surface area contributed by atoms with Crippen molar-refractivity contribution < 1.29 is 9.53 Å². The van der Waals surface area contributed by atoms with Crippen molar-refractivity contribution in [2.24, 2.45) is 0 Å². The second-order valence-corrected chi connectivity index (χ2v) is 7.17. The lowest BCUT2D eigenvalue weighted by Crippen LogP contribution is -2.31. The first-order chi connectivity index (χ1) is 15.2. The van der Waals surface area contributed by atoms with Crippen LogP contribution in [0.15, 0.2) is 66.7 Å². The monoisotopic (exact) mass is 413 g/mol. The van der Waals surface area contributed by atoms with Gasteiger partial charge in [-0.1, -0.05) is 42.5 Å². The largest absolute Gasteiger partial charge is 0.493 e. The lowest BCUT2D eigenvalue weighted by molar-refractivity contribution is 0.102. The van der Waals surface area contributed by atoms with E-state index in [0.717, 1.165) is 30.3 Å². The summed E-state index contributed by atoms with van der Waals surface area (Å²) in [5, 5.41) is 18.8.